The first-order valence-electron chi connectivity index (χ1n) is 22.5. The lowest BCUT2D eigenvalue weighted by Gasteiger charge is -2.28. The molecule has 2 heteroatoms. The molecule has 0 aromatic heterocycles. The molecular weight excluding hydrogens is 785 g/mol. The molecule has 310 valence electrons. The van der Waals surface area contributed by atoms with Crippen molar-refractivity contribution < 1.29 is 0 Å². The zero-order chi connectivity index (χ0) is 43.7. The van der Waals surface area contributed by atoms with Gasteiger partial charge in [0.25, 0.3) is 0 Å². The fourth-order valence-electron chi connectivity index (χ4n) is 9.57. The molecule has 11 rings (SSSR count). The Morgan fingerprint density at radius 1 is 0.292 bits per heavy atom. The van der Waals surface area contributed by atoms with Crippen molar-refractivity contribution >= 4 is 57.0 Å². The van der Waals surface area contributed by atoms with Gasteiger partial charge in [-0.2, -0.15) is 0 Å². The van der Waals surface area contributed by atoms with Crippen LogP contribution in [0.4, 0.5) is 34.1 Å². The predicted molar refractivity (Wildman–Crippen MR) is 277 cm³/mol. The van der Waals surface area contributed by atoms with E-state index in [0.29, 0.717) is 0 Å². The third kappa shape index (κ3) is 7.70. The first-order chi connectivity index (χ1) is 32.0. The van der Waals surface area contributed by atoms with Gasteiger partial charge in [-0.05, 0) is 139 Å². The molecule has 0 saturated carbocycles. The Hall–Kier alpha value is -8.20. The summed E-state index contributed by atoms with van der Waals surface area (Å²) < 4.78 is 0. The van der Waals surface area contributed by atoms with E-state index in [9.17, 15) is 0 Å². The van der Waals surface area contributed by atoms with E-state index in [-0.39, 0.29) is 5.41 Å². The van der Waals surface area contributed by atoms with Gasteiger partial charge in [-0.25, -0.2) is 0 Å². The maximum atomic E-state index is 2.41. The van der Waals surface area contributed by atoms with Gasteiger partial charge in [0.1, 0.15) is 0 Å². The average Bonchev–Trinajstić information content (AvgIpc) is 3.60. The Morgan fingerprint density at radius 3 is 1.23 bits per heavy atom. The fourth-order valence-corrected chi connectivity index (χ4v) is 9.57. The van der Waals surface area contributed by atoms with Gasteiger partial charge >= 0.3 is 0 Å². The molecule has 0 bridgehead atoms. The number of benzene rings is 10. The summed E-state index contributed by atoms with van der Waals surface area (Å²) in [6.45, 7) is 4.70. The number of rotatable bonds is 10. The Labute approximate surface area is 382 Å². The van der Waals surface area contributed by atoms with Crippen molar-refractivity contribution in [3.8, 4) is 33.4 Å². The molecule has 65 heavy (non-hydrogen) atoms. The summed E-state index contributed by atoms with van der Waals surface area (Å²) in [6.07, 6.45) is 4.38. The first-order valence-corrected chi connectivity index (χ1v) is 22.5. The Kier molecular flexibility index (Phi) is 10.3. The molecule has 1 aliphatic rings. The summed E-state index contributed by atoms with van der Waals surface area (Å²) in [4.78, 5) is 4.69. The highest BCUT2D eigenvalue weighted by molar-refractivity contribution is 5.91. The molecule has 0 aliphatic heterocycles. The van der Waals surface area contributed by atoms with Crippen molar-refractivity contribution in [3.63, 3.8) is 0 Å². The molecule has 0 N–H and O–H groups in total. The van der Waals surface area contributed by atoms with E-state index in [1.807, 2.05) is 0 Å². The van der Waals surface area contributed by atoms with Gasteiger partial charge in [0.05, 0.1) is 0 Å². The third-order valence-electron chi connectivity index (χ3n) is 13.1. The molecule has 0 fully saturated rings. The van der Waals surface area contributed by atoms with E-state index in [4.69, 9.17) is 0 Å². The van der Waals surface area contributed by atoms with Gasteiger partial charge < -0.3 is 9.80 Å². The standard InChI is InChI=1S/C63H48N2/c1-63(2)61-20-12-11-19-59(61)60-42-41-58(44-62(60)63)65(57-40-35-47-13-9-10-14-52(47)43-57)56-38-33-51(34-39-56)49-29-25-46(26-30-49)22-21-45-23-27-48(28-24-45)50-31-36-55(37-32-50)64(53-15-5-3-6-16-53)54-17-7-4-8-18-54/h3-44H,1-2H3/b22-21+. The van der Waals surface area contributed by atoms with Gasteiger partial charge in [0.2, 0.25) is 0 Å². The van der Waals surface area contributed by atoms with Gasteiger partial charge in [0.15, 0.2) is 0 Å². The number of para-hydroxylation sites is 2. The Morgan fingerprint density at radius 2 is 0.677 bits per heavy atom. The van der Waals surface area contributed by atoms with Crippen LogP contribution in [0.3, 0.4) is 0 Å². The van der Waals surface area contributed by atoms with Gasteiger partial charge in [-0.15, -0.1) is 0 Å². The van der Waals surface area contributed by atoms with Crippen LogP contribution in [-0.2, 0) is 5.41 Å². The predicted octanol–water partition coefficient (Wildman–Crippen LogP) is 17.6. The maximum absolute atomic E-state index is 2.41. The smallest absolute Gasteiger partial charge is 0.0468 e. The van der Waals surface area contributed by atoms with E-state index in [0.717, 1.165) is 45.3 Å². The lowest BCUT2D eigenvalue weighted by atomic mass is 9.82. The maximum Gasteiger partial charge on any atom is 0.0468 e. The summed E-state index contributed by atoms with van der Waals surface area (Å²) in [5, 5.41) is 2.46. The van der Waals surface area contributed by atoms with E-state index in [1.54, 1.807) is 0 Å². The molecule has 10 aromatic rings. The minimum atomic E-state index is -0.0867. The van der Waals surface area contributed by atoms with Crippen LogP contribution in [0.5, 0.6) is 0 Å². The number of hydrogen-bond donors (Lipinski definition) is 0. The molecular formula is C63H48N2. The fraction of sp³-hybridized carbons (Fsp3) is 0.0476. The average molecular weight is 833 g/mol. The van der Waals surface area contributed by atoms with Crippen LogP contribution in [-0.4, -0.2) is 0 Å². The Balaban J connectivity index is 0.808. The molecule has 0 spiro atoms. The highest BCUT2D eigenvalue weighted by Gasteiger charge is 2.35. The highest BCUT2D eigenvalue weighted by atomic mass is 15.1. The summed E-state index contributed by atoms with van der Waals surface area (Å²) in [6, 6.07) is 87.8. The van der Waals surface area contributed by atoms with Crippen molar-refractivity contribution in [3.05, 3.63) is 265 Å². The summed E-state index contributed by atoms with van der Waals surface area (Å²) in [5.41, 5.74) is 19.2. The van der Waals surface area contributed by atoms with E-state index >= 15 is 0 Å². The monoisotopic (exact) mass is 832 g/mol. The van der Waals surface area contributed by atoms with Crippen LogP contribution >= 0.6 is 0 Å². The lowest BCUT2D eigenvalue weighted by Crippen LogP contribution is -2.16. The van der Waals surface area contributed by atoms with E-state index in [2.05, 4.69) is 278 Å². The van der Waals surface area contributed by atoms with E-state index in [1.165, 1.54) is 55.3 Å². The van der Waals surface area contributed by atoms with Crippen LogP contribution in [0.2, 0.25) is 0 Å². The van der Waals surface area contributed by atoms with Crippen LogP contribution in [0.15, 0.2) is 243 Å². The minimum absolute atomic E-state index is 0.0867. The topological polar surface area (TPSA) is 6.48 Å². The number of nitrogens with zero attached hydrogens (tertiary/aromatic N) is 2. The number of anilines is 6. The van der Waals surface area contributed by atoms with Gasteiger partial charge in [-0.3, -0.25) is 0 Å². The SMILES string of the molecule is CC1(C)c2ccccc2-c2ccc(N(c3ccc(-c4ccc(/C=C/c5ccc(-c6ccc(N(c7ccccc7)c7ccccc7)cc6)cc5)cc4)cc3)c3ccc4ccccc4c3)cc21. The second kappa shape index (κ2) is 16.8. The first kappa shape index (κ1) is 39.6. The third-order valence-corrected chi connectivity index (χ3v) is 13.1. The van der Waals surface area contributed by atoms with Crippen molar-refractivity contribution in [1.82, 2.24) is 0 Å². The lowest BCUT2D eigenvalue weighted by molar-refractivity contribution is 0.660. The van der Waals surface area contributed by atoms with E-state index < -0.39 is 0 Å². The molecule has 0 radical (unpaired) electrons. The van der Waals surface area contributed by atoms with Crippen LogP contribution < -0.4 is 9.80 Å². The molecule has 0 unspecified atom stereocenters. The summed E-state index contributed by atoms with van der Waals surface area (Å²) in [7, 11) is 0. The largest absolute Gasteiger partial charge is 0.311 e. The number of hydrogen-bond acceptors (Lipinski definition) is 2. The number of fused-ring (bicyclic) bond motifs is 4. The highest BCUT2D eigenvalue weighted by Crippen LogP contribution is 2.51. The van der Waals surface area contributed by atoms with Crippen molar-refractivity contribution in [2.24, 2.45) is 0 Å². The molecule has 2 nitrogen and oxygen atoms in total. The van der Waals surface area contributed by atoms with Crippen LogP contribution in [0.1, 0.15) is 36.1 Å². The zero-order valence-electron chi connectivity index (χ0n) is 36.6. The van der Waals surface area contributed by atoms with Crippen molar-refractivity contribution in [1.29, 1.82) is 0 Å². The second-order valence-electron chi connectivity index (χ2n) is 17.4. The Bertz CT molecular complexity index is 3250. The zero-order valence-corrected chi connectivity index (χ0v) is 36.6. The minimum Gasteiger partial charge on any atom is -0.311 e. The quantitative estimate of drug-likeness (QED) is 0.127. The van der Waals surface area contributed by atoms with Crippen LogP contribution in [0, 0.1) is 0 Å². The van der Waals surface area contributed by atoms with Crippen molar-refractivity contribution in [2.75, 3.05) is 9.80 Å². The molecule has 1 aliphatic carbocycles. The molecule has 0 saturated heterocycles. The molecule has 0 heterocycles. The summed E-state index contributed by atoms with van der Waals surface area (Å²) >= 11 is 0. The summed E-state index contributed by atoms with van der Waals surface area (Å²) in [5.74, 6) is 0. The molecule has 0 atom stereocenters. The van der Waals surface area contributed by atoms with Crippen LogP contribution in [0.25, 0.3) is 56.3 Å². The second-order valence-corrected chi connectivity index (χ2v) is 17.4. The van der Waals surface area contributed by atoms with Crippen molar-refractivity contribution in [2.45, 2.75) is 19.3 Å². The van der Waals surface area contributed by atoms with Gasteiger partial charge in [-0.1, -0.05) is 196 Å². The normalized spacial score (nSPS) is 12.5. The van der Waals surface area contributed by atoms with Gasteiger partial charge in [0, 0.05) is 39.5 Å². The molecule has 0 amide bonds. The molecule has 10 aromatic carbocycles.